The van der Waals surface area contributed by atoms with E-state index in [1.54, 1.807) is 12.1 Å². The Morgan fingerprint density at radius 1 is 1.12 bits per heavy atom. The van der Waals surface area contributed by atoms with E-state index in [4.69, 9.17) is 5.73 Å². The van der Waals surface area contributed by atoms with Crippen LogP contribution in [0.2, 0.25) is 0 Å². The fourth-order valence-corrected chi connectivity index (χ4v) is 2.29. The standard InChI is InChI=1S/C19H24N4O/c1-3-21-19(23-14(2)16-7-5-4-6-8-16)22-13-15-9-11-17(12-10-15)18(20)24/h4-12,14H,3,13H2,1-2H3,(H2,20,24)(H2,21,22,23). The van der Waals surface area contributed by atoms with E-state index < -0.39 is 5.91 Å². The number of rotatable bonds is 6. The van der Waals surface area contributed by atoms with E-state index in [1.165, 1.54) is 5.56 Å². The van der Waals surface area contributed by atoms with Gasteiger partial charge in [-0.3, -0.25) is 4.79 Å². The summed E-state index contributed by atoms with van der Waals surface area (Å²) >= 11 is 0. The van der Waals surface area contributed by atoms with E-state index in [2.05, 4.69) is 34.7 Å². The number of carbonyl (C=O) groups excluding carboxylic acids is 1. The molecule has 1 unspecified atom stereocenters. The van der Waals surface area contributed by atoms with E-state index in [1.807, 2.05) is 37.3 Å². The van der Waals surface area contributed by atoms with Gasteiger partial charge < -0.3 is 16.4 Å². The third-order valence-electron chi connectivity index (χ3n) is 3.66. The Hall–Kier alpha value is -2.82. The van der Waals surface area contributed by atoms with Gasteiger partial charge in [0.25, 0.3) is 0 Å². The van der Waals surface area contributed by atoms with Crippen molar-refractivity contribution in [2.45, 2.75) is 26.4 Å². The first-order chi connectivity index (χ1) is 11.6. The van der Waals surface area contributed by atoms with E-state index in [0.29, 0.717) is 12.1 Å². The molecule has 0 saturated carbocycles. The van der Waals surface area contributed by atoms with Crippen molar-refractivity contribution in [1.82, 2.24) is 10.6 Å². The zero-order chi connectivity index (χ0) is 17.4. The molecule has 2 aromatic carbocycles. The van der Waals surface area contributed by atoms with Crippen molar-refractivity contribution < 1.29 is 4.79 Å². The number of primary amides is 1. The molecule has 1 atom stereocenters. The number of amides is 1. The molecule has 0 aromatic heterocycles. The van der Waals surface area contributed by atoms with Gasteiger partial charge in [-0.15, -0.1) is 0 Å². The normalized spacial score (nSPS) is 12.5. The highest BCUT2D eigenvalue weighted by atomic mass is 16.1. The molecule has 1 amide bonds. The van der Waals surface area contributed by atoms with Crippen LogP contribution in [0.1, 0.15) is 41.4 Å². The Balaban J connectivity index is 2.03. The lowest BCUT2D eigenvalue weighted by molar-refractivity contribution is 0.100. The molecule has 0 spiro atoms. The number of hydrogen-bond donors (Lipinski definition) is 3. The topological polar surface area (TPSA) is 79.5 Å². The second kappa shape index (κ2) is 8.72. The summed E-state index contributed by atoms with van der Waals surface area (Å²) in [7, 11) is 0. The predicted molar refractivity (Wildman–Crippen MR) is 97.8 cm³/mol. The summed E-state index contributed by atoms with van der Waals surface area (Å²) in [5.41, 5.74) is 7.98. The van der Waals surface area contributed by atoms with Crippen LogP contribution in [0.25, 0.3) is 0 Å². The second-order valence-electron chi connectivity index (χ2n) is 5.53. The molecule has 126 valence electrons. The van der Waals surface area contributed by atoms with Crippen molar-refractivity contribution in [1.29, 1.82) is 0 Å². The molecule has 5 nitrogen and oxygen atoms in total. The lowest BCUT2D eigenvalue weighted by Gasteiger charge is -2.18. The Morgan fingerprint density at radius 3 is 2.38 bits per heavy atom. The summed E-state index contributed by atoms with van der Waals surface area (Å²) in [5, 5.41) is 6.65. The van der Waals surface area contributed by atoms with Crippen LogP contribution in [-0.4, -0.2) is 18.4 Å². The number of nitrogens with one attached hydrogen (secondary N) is 2. The van der Waals surface area contributed by atoms with Crippen molar-refractivity contribution in [2.75, 3.05) is 6.54 Å². The van der Waals surface area contributed by atoms with Crippen molar-refractivity contribution >= 4 is 11.9 Å². The minimum Gasteiger partial charge on any atom is -0.366 e. The van der Waals surface area contributed by atoms with Gasteiger partial charge in [0.15, 0.2) is 5.96 Å². The molecule has 0 heterocycles. The highest BCUT2D eigenvalue weighted by molar-refractivity contribution is 5.92. The number of carbonyl (C=O) groups is 1. The molecule has 5 heteroatoms. The zero-order valence-electron chi connectivity index (χ0n) is 14.1. The van der Waals surface area contributed by atoms with Gasteiger partial charge in [-0.1, -0.05) is 42.5 Å². The second-order valence-corrected chi connectivity index (χ2v) is 5.53. The van der Waals surface area contributed by atoms with Gasteiger partial charge in [-0.05, 0) is 37.1 Å². The van der Waals surface area contributed by atoms with Crippen molar-refractivity contribution in [2.24, 2.45) is 10.7 Å². The van der Waals surface area contributed by atoms with Gasteiger partial charge in [0.05, 0.1) is 12.6 Å². The minimum atomic E-state index is -0.420. The van der Waals surface area contributed by atoms with Crippen LogP contribution in [0.5, 0.6) is 0 Å². The highest BCUT2D eigenvalue weighted by Crippen LogP contribution is 2.11. The first kappa shape index (κ1) is 17.5. The molecule has 0 aliphatic carbocycles. The number of hydrogen-bond acceptors (Lipinski definition) is 2. The van der Waals surface area contributed by atoms with Crippen molar-refractivity contribution in [3.8, 4) is 0 Å². The summed E-state index contributed by atoms with van der Waals surface area (Å²) in [6.45, 7) is 5.44. The van der Waals surface area contributed by atoms with Gasteiger partial charge in [-0.2, -0.15) is 0 Å². The van der Waals surface area contributed by atoms with E-state index in [9.17, 15) is 4.79 Å². The van der Waals surface area contributed by atoms with Gasteiger partial charge >= 0.3 is 0 Å². The Morgan fingerprint density at radius 2 is 1.79 bits per heavy atom. The SMILES string of the molecule is CCNC(=NCc1ccc(C(N)=O)cc1)NC(C)c1ccccc1. The number of guanidine groups is 1. The largest absolute Gasteiger partial charge is 0.366 e. The van der Waals surface area contributed by atoms with Crippen LogP contribution in [0.4, 0.5) is 0 Å². The molecular weight excluding hydrogens is 300 g/mol. The Bertz CT molecular complexity index is 680. The van der Waals surface area contributed by atoms with Gasteiger partial charge in [0.2, 0.25) is 5.91 Å². The highest BCUT2D eigenvalue weighted by Gasteiger charge is 2.07. The number of benzene rings is 2. The summed E-state index contributed by atoms with van der Waals surface area (Å²) in [6.07, 6.45) is 0. The smallest absolute Gasteiger partial charge is 0.248 e. The van der Waals surface area contributed by atoms with Crippen molar-refractivity contribution in [3.63, 3.8) is 0 Å². The lowest BCUT2D eigenvalue weighted by atomic mass is 10.1. The fourth-order valence-electron chi connectivity index (χ4n) is 2.29. The number of nitrogens with zero attached hydrogens (tertiary/aromatic N) is 1. The third kappa shape index (κ3) is 5.12. The van der Waals surface area contributed by atoms with Gasteiger partial charge in [0.1, 0.15) is 0 Å². The van der Waals surface area contributed by atoms with Gasteiger partial charge in [-0.25, -0.2) is 4.99 Å². The first-order valence-electron chi connectivity index (χ1n) is 8.08. The van der Waals surface area contributed by atoms with Crippen molar-refractivity contribution in [3.05, 3.63) is 71.3 Å². The molecule has 0 aliphatic rings. The molecular formula is C19H24N4O. The zero-order valence-corrected chi connectivity index (χ0v) is 14.1. The molecule has 0 fully saturated rings. The summed E-state index contributed by atoms with van der Waals surface area (Å²) < 4.78 is 0. The first-order valence-corrected chi connectivity index (χ1v) is 8.08. The average molecular weight is 324 g/mol. The molecule has 0 saturated heterocycles. The number of aliphatic imine (C=N–C) groups is 1. The maximum absolute atomic E-state index is 11.1. The van der Waals surface area contributed by atoms with Crippen LogP contribution in [0.15, 0.2) is 59.6 Å². The van der Waals surface area contributed by atoms with Crippen LogP contribution in [-0.2, 0) is 6.54 Å². The summed E-state index contributed by atoms with van der Waals surface area (Å²) in [5.74, 6) is 0.338. The molecule has 0 bridgehead atoms. The Kier molecular flexibility index (Phi) is 6.37. The minimum absolute atomic E-state index is 0.154. The molecule has 2 rings (SSSR count). The Labute approximate surface area is 143 Å². The third-order valence-corrected chi connectivity index (χ3v) is 3.66. The summed E-state index contributed by atoms with van der Waals surface area (Å²) in [6, 6.07) is 17.6. The van der Waals surface area contributed by atoms with Gasteiger partial charge in [0, 0.05) is 12.1 Å². The predicted octanol–water partition coefficient (Wildman–Crippen LogP) is 2.60. The van der Waals surface area contributed by atoms with Crippen LogP contribution in [0.3, 0.4) is 0 Å². The van der Waals surface area contributed by atoms with E-state index in [0.717, 1.165) is 18.1 Å². The van der Waals surface area contributed by atoms with E-state index in [-0.39, 0.29) is 6.04 Å². The average Bonchev–Trinajstić information content (AvgIpc) is 2.61. The van der Waals surface area contributed by atoms with Crippen LogP contribution >= 0.6 is 0 Å². The fraction of sp³-hybridized carbons (Fsp3) is 0.263. The maximum Gasteiger partial charge on any atom is 0.248 e. The quantitative estimate of drug-likeness (QED) is 0.564. The molecule has 24 heavy (non-hydrogen) atoms. The molecule has 4 N–H and O–H groups in total. The lowest BCUT2D eigenvalue weighted by Crippen LogP contribution is -2.38. The number of nitrogens with two attached hydrogens (primary N) is 1. The van der Waals surface area contributed by atoms with Crippen LogP contribution < -0.4 is 16.4 Å². The monoisotopic (exact) mass is 324 g/mol. The maximum atomic E-state index is 11.1. The molecule has 2 aromatic rings. The molecule has 0 aliphatic heterocycles. The summed E-state index contributed by atoms with van der Waals surface area (Å²) in [4.78, 5) is 15.7. The van der Waals surface area contributed by atoms with E-state index >= 15 is 0 Å². The van der Waals surface area contributed by atoms with Crippen LogP contribution in [0, 0.1) is 0 Å². The molecule has 0 radical (unpaired) electrons.